The fourth-order valence-corrected chi connectivity index (χ4v) is 4.36. The van der Waals surface area contributed by atoms with Gasteiger partial charge in [-0.15, -0.1) is 11.3 Å². The van der Waals surface area contributed by atoms with Crippen LogP contribution in [0.15, 0.2) is 78.4 Å². The van der Waals surface area contributed by atoms with Crippen LogP contribution in [-0.2, 0) is 6.42 Å². The molecule has 1 atom stereocenters. The minimum Gasteiger partial charge on any atom is -0.394 e. The van der Waals surface area contributed by atoms with E-state index in [-0.39, 0.29) is 18.5 Å². The number of aliphatic hydroxyl groups excluding tert-OH is 1. The molecule has 0 aliphatic heterocycles. The second kappa shape index (κ2) is 8.86. The van der Waals surface area contributed by atoms with Crippen molar-refractivity contribution < 1.29 is 9.50 Å². The van der Waals surface area contributed by atoms with Crippen molar-refractivity contribution in [1.29, 1.82) is 0 Å². The molecule has 0 aliphatic carbocycles. The topological polar surface area (TPSA) is 75.3 Å². The molecule has 0 aliphatic rings. The molecule has 5 aromatic rings. The Balaban J connectivity index is 1.50. The fourth-order valence-electron chi connectivity index (χ4n) is 3.64. The molecule has 0 amide bonds. The van der Waals surface area contributed by atoms with Gasteiger partial charge >= 0.3 is 0 Å². The van der Waals surface area contributed by atoms with Crippen LogP contribution in [0.4, 0.5) is 10.3 Å². The van der Waals surface area contributed by atoms with Crippen molar-refractivity contribution in [3.63, 3.8) is 0 Å². The highest BCUT2D eigenvalue weighted by Crippen LogP contribution is 2.33. The Kier molecular flexibility index (Phi) is 5.62. The molecule has 6 nitrogen and oxygen atoms in total. The van der Waals surface area contributed by atoms with E-state index in [9.17, 15) is 9.50 Å². The van der Waals surface area contributed by atoms with Crippen molar-refractivity contribution in [2.45, 2.75) is 12.5 Å². The van der Waals surface area contributed by atoms with Gasteiger partial charge in [-0.1, -0.05) is 30.3 Å². The van der Waals surface area contributed by atoms with E-state index in [1.54, 1.807) is 18.3 Å². The summed E-state index contributed by atoms with van der Waals surface area (Å²) in [6.07, 6.45) is 4.27. The van der Waals surface area contributed by atoms with Crippen LogP contribution in [0.3, 0.4) is 0 Å². The quantitative estimate of drug-likeness (QED) is 0.381. The Labute approximate surface area is 188 Å². The second-order valence-corrected chi connectivity index (χ2v) is 8.22. The molecule has 0 unspecified atom stereocenters. The van der Waals surface area contributed by atoms with Crippen molar-refractivity contribution in [2.24, 2.45) is 0 Å². The van der Waals surface area contributed by atoms with Crippen LogP contribution in [0.5, 0.6) is 0 Å². The third-order valence-electron chi connectivity index (χ3n) is 5.16. The number of rotatable bonds is 7. The smallest absolute Gasteiger partial charge is 0.223 e. The zero-order valence-corrected chi connectivity index (χ0v) is 17.8. The molecular weight excluding hydrogens is 425 g/mol. The third kappa shape index (κ3) is 4.10. The summed E-state index contributed by atoms with van der Waals surface area (Å²) < 4.78 is 15.4. The number of hydrogen-bond donors (Lipinski definition) is 2. The number of hydrogen-bond acceptors (Lipinski definition) is 6. The summed E-state index contributed by atoms with van der Waals surface area (Å²) in [4.78, 5) is 14.6. The van der Waals surface area contributed by atoms with Gasteiger partial charge in [-0.05, 0) is 42.3 Å². The molecule has 0 saturated carbocycles. The lowest BCUT2D eigenvalue weighted by Crippen LogP contribution is -2.27. The van der Waals surface area contributed by atoms with Gasteiger partial charge in [-0.2, -0.15) is 0 Å². The number of imidazole rings is 1. The zero-order valence-electron chi connectivity index (χ0n) is 17.0. The first kappa shape index (κ1) is 20.3. The molecular formula is C24H20FN5OS. The van der Waals surface area contributed by atoms with Gasteiger partial charge in [-0.25, -0.2) is 19.3 Å². The maximum absolute atomic E-state index is 13.5. The van der Waals surface area contributed by atoms with Crippen molar-refractivity contribution in [1.82, 2.24) is 19.4 Å². The normalized spacial score (nSPS) is 12.2. The average molecular weight is 446 g/mol. The first-order valence-electron chi connectivity index (χ1n) is 10.2. The molecule has 160 valence electrons. The zero-order chi connectivity index (χ0) is 21.9. The Morgan fingerprint density at radius 1 is 1.03 bits per heavy atom. The molecule has 2 aromatic carbocycles. The van der Waals surface area contributed by atoms with Gasteiger partial charge in [0.05, 0.1) is 24.0 Å². The number of anilines is 1. The van der Waals surface area contributed by atoms with Gasteiger partial charge in [-0.3, -0.25) is 4.40 Å². The number of halogens is 1. The number of aromatic nitrogens is 4. The summed E-state index contributed by atoms with van der Waals surface area (Å²) in [5, 5.41) is 15.1. The molecule has 0 saturated heterocycles. The van der Waals surface area contributed by atoms with Crippen LogP contribution in [0.2, 0.25) is 0 Å². The average Bonchev–Trinajstić information content (AvgIpc) is 3.41. The molecule has 2 N–H and O–H groups in total. The Bertz CT molecular complexity index is 1330. The van der Waals surface area contributed by atoms with Gasteiger partial charge in [0.15, 0.2) is 4.96 Å². The first-order valence-corrected chi connectivity index (χ1v) is 11.1. The maximum atomic E-state index is 13.5. The van der Waals surface area contributed by atoms with Crippen LogP contribution >= 0.6 is 11.3 Å². The van der Waals surface area contributed by atoms with Gasteiger partial charge in [0.2, 0.25) is 5.95 Å². The van der Waals surface area contributed by atoms with E-state index in [4.69, 9.17) is 9.97 Å². The second-order valence-electron chi connectivity index (χ2n) is 7.35. The van der Waals surface area contributed by atoms with E-state index in [0.29, 0.717) is 18.1 Å². The summed E-state index contributed by atoms with van der Waals surface area (Å²) in [7, 11) is 0. The first-order chi connectivity index (χ1) is 15.7. The third-order valence-corrected chi connectivity index (χ3v) is 5.91. The van der Waals surface area contributed by atoms with E-state index in [1.807, 2.05) is 52.4 Å². The predicted octanol–water partition coefficient (Wildman–Crippen LogP) is 4.67. The van der Waals surface area contributed by atoms with Crippen LogP contribution in [0.25, 0.3) is 27.6 Å². The standard InChI is InChI=1S/C24H20FN5OS/c25-18-8-6-17(7-9-18)21-22(30-12-13-32-24(30)29-21)20-10-11-26-23(28-20)27-19(15-31)14-16-4-2-1-3-5-16/h1-13,19,31H,14-15H2,(H,26,27,28)/t19-/m0/s1. The number of aliphatic hydroxyl groups is 1. The predicted molar refractivity (Wildman–Crippen MR) is 124 cm³/mol. The summed E-state index contributed by atoms with van der Waals surface area (Å²) in [5.41, 5.74) is 4.14. The maximum Gasteiger partial charge on any atom is 0.223 e. The van der Waals surface area contributed by atoms with Gasteiger partial charge < -0.3 is 10.4 Å². The van der Waals surface area contributed by atoms with E-state index in [0.717, 1.165) is 27.5 Å². The Morgan fingerprint density at radius 2 is 1.84 bits per heavy atom. The number of fused-ring (bicyclic) bond motifs is 1. The Morgan fingerprint density at radius 3 is 2.62 bits per heavy atom. The molecule has 0 bridgehead atoms. The van der Waals surface area contributed by atoms with Gasteiger partial charge in [0.1, 0.15) is 11.5 Å². The van der Waals surface area contributed by atoms with Crippen molar-refractivity contribution in [3.8, 4) is 22.6 Å². The lowest BCUT2D eigenvalue weighted by atomic mass is 10.1. The molecule has 3 heterocycles. The summed E-state index contributed by atoms with van der Waals surface area (Å²) in [6.45, 7) is -0.0508. The molecule has 8 heteroatoms. The van der Waals surface area contributed by atoms with Gasteiger partial charge in [0, 0.05) is 23.3 Å². The van der Waals surface area contributed by atoms with Crippen molar-refractivity contribution in [3.05, 3.63) is 89.8 Å². The highest BCUT2D eigenvalue weighted by molar-refractivity contribution is 7.15. The van der Waals surface area contributed by atoms with E-state index >= 15 is 0 Å². The van der Waals surface area contributed by atoms with Crippen LogP contribution in [0, 0.1) is 5.82 Å². The highest BCUT2D eigenvalue weighted by Gasteiger charge is 2.19. The summed E-state index contributed by atoms with van der Waals surface area (Å²) in [5.74, 6) is 0.131. The molecule has 3 aromatic heterocycles. The monoisotopic (exact) mass is 445 g/mol. The largest absolute Gasteiger partial charge is 0.394 e. The molecule has 0 fully saturated rings. The minimum atomic E-state index is -0.293. The fraction of sp³-hybridized carbons (Fsp3) is 0.125. The molecule has 0 spiro atoms. The van der Waals surface area contributed by atoms with Crippen molar-refractivity contribution >= 4 is 22.2 Å². The summed E-state index contributed by atoms with van der Waals surface area (Å²) >= 11 is 1.52. The lowest BCUT2D eigenvalue weighted by Gasteiger charge is -2.16. The summed E-state index contributed by atoms with van der Waals surface area (Å²) in [6, 6.07) is 17.8. The molecule has 32 heavy (non-hydrogen) atoms. The van der Waals surface area contributed by atoms with E-state index in [1.165, 1.54) is 23.5 Å². The number of benzene rings is 2. The highest BCUT2D eigenvalue weighted by atomic mass is 32.1. The molecule has 0 radical (unpaired) electrons. The Hall–Kier alpha value is -3.62. The van der Waals surface area contributed by atoms with Crippen LogP contribution in [0.1, 0.15) is 5.56 Å². The number of nitrogens with zero attached hydrogens (tertiary/aromatic N) is 4. The van der Waals surface area contributed by atoms with E-state index < -0.39 is 0 Å². The van der Waals surface area contributed by atoms with Crippen LogP contribution in [-0.4, -0.2) is 37.1 Å². The van der Waals surface area contributed by atoms with Crippen molar-refractivity contribution in [2.75, 3.05) is 11.9 Å². The van der Waals surface area contributed by atoms with Gasteiger partial charge in [0.25, 0.3) is 0 Å². The number of nitrogens with one attached hydrogen (secondary N) is 1. The lowest BCUT2D eigenvalue weighted by molar-refractivity contribution is 0.273. The number of thiazole rings is 1. The van der Waals surface area contributed by atoms with E-state index in [2.05, 4.69) is 10.3 Å². The molecule has 5 rings (SSSR count). The van der Waals surface area contributed by atoms with Crippen LogP contribution < -0.4 is 5.32 Å². The SMILES string of the molecule is OC[C@H](Cc1ccccc1)Nc1nccc(-c2c(-c3ccc(F)cc3)nc3sccn23)n1. The minimum absolute atomic E-state index is 0.0508.